The van der Waals surface area contributed by atoms with Crippen LogP contribution in [0.5, 0.6) is 0 Å². The molecular formula is C26H24ClF3N8O2. The summed E-state index contributed by atoms with van der Waals surface area (Å²) in [5.74, 6) is 0.222. The van der Waals surface area contributed by atoms with Gasteiger partial charge in [0.25, 0.3) is 5.91 Å². The monoisotopic (exact) mass is 572 g/mol. The van der Waals surface area contributed by atoms with Gasteiger partial charge >= 0.3 is 6.18 Å². The molecule has 2 atom stereocenters. The van der Waals surface area contributed by atoms with Gasteiger partial charge in [-0.2, -0.15) is 18.3 Å². The van der Waals surface area contributed by atoms with E-state index in [1.807, 2.05) is 9.30 Å². The summed E-state index contributed by atoms with van der Waals surface area (Å²) in [5, 5.41) is 6.29. The molecule has 2 aliphatic heterocycles. The zero-order valence-electron chi connectivity index (χ0n) is 21.2. The third kappa shape index (κ3) is 4.43. The standard InChI is InChI=1S/C26H24ClF3N8O2/c1-36-18(26(28,29)30)11-19(35-36)33-25(40)13-3-6-16(17(27)10-13)21-22-23(31)32-8-9-37(22)24(34-21)14-2-4-15-5-7-20(39)38(15)12-14/h3,6,8-11,14-15H,2,4-5,7,12H2,1H3,(H2,31,32)(H,33,35,40)/t14-,15?/m1/s1. The molecule has 10 nitrogen and oxygen atoms in total. The first-order valence-electron chi connectivity index (χ1n) is 12.7. The van der Waals surface area contributed by atoms with E-state index in [0.717, 1.165) is 38.2 Å². The van der Waals surface area contributed by atoms with Crippen LogP contribution in [0.25, 0.3) is 16.8 Å². The van der Waals surface area contributed by atoms with Crippen molar-refractivity contribution in [2.75, 3.05) is 17.6 Å². The number of hydrogen-bond acceptors (Lipinski definition) is 6. The lowest BCUT2D eigenvalue weighted by Crippen LogP contribution is -2.41. The molecule has 0 bridgehead atoms. The lowest BCUT2D eigenvalue weighted by atomic mass is 9.92. The number of aryl methyl sites for hydroxylation is 1. The van der Waals surface area contributed by atoms with Crippen molar-refractivity contribution >= 4 is 40.6 Å². The number of nitrogens with two attached hydrogens (primary N) is 1. The highest BCUT2D eigenvalue weighted by Crippen LogP contribution is 2.39. The van der Waals surface area contributed by atoms with Crippen LogP contribution in [0, 0.1) is 0 Å². The van der Waals surface area contributed by atoms with Crippen molar-refractivity contribution < 1.29 is 22.8 Å². The molecule has 14 heteroatoms. The van der Waals surface area contributed by atoms with Crippen LogP contribution in [0.2, 0.25) is 5.02 Å². The highest BCUT2D eigenvalue weighted by Gasteiger charge is 2.38. The Balaban J connectivity index is 1.32. The smallest absolute Gasteiger partial charge is 0.382 e. The van der Waals surface area contributed by atoms with Crippen LogP contribution in [0.3, 0.4) is 0 Å². The van der Waals surface area contributed by atoms with Crippen LogP contribution in [-0.4, -0.2) is 53.5 Å². The van der Waals surface area contributed by atoms with Gasteiger partial charge in [-0.05, 0) is 31.4 Å². The quantitative estimate of drug-likeness (QED) is 0.371. The summed E-state index contributed by atoms with van der Waals surface area (Å²) in [4.78, 5) is 36.3. The van der Waals surface area contributed by atoms with E-state index < -0.39 is 17.8 Å². The molecule has 1 aromatic carbocycles. The molecule has 3 N–H and O–H groups in total. The van der Waals surface area contributed by atoms with E-state index in [-0.39, 0.29) is 40.1 Å². The fourth-order valence-electron chi connectivity index (χ4n) is 5.67. The molecule has 3 aromatic heterocycles. The van der Waals surface area contributed by atoms with Crippen molar-refractivity contribution in [2.24, 2.45) is 7.05 Å². The van der Waals surface area contributed by atoms with Gasteiger partial charge < -0.3 is 16.0 Å². The molecule has 2 amide bonds. The highest BCUT2D eigenvalue weighted by atomic mass is 35.5. The Morgan fingerprint density at radius 1 is 1.20 bits per heavy atom. The average Bonchev–Trinajstić information content (AvgIpc) is 3.59. The van der Waals surface area contributed by atoms with Crippen molar-refractivity contribution in [1.29, 1.82) is 0 Å². The first kappa shape index (κ1) is 26.1. The molecule has 0 saturated carbocycles. The van der Waals surface area contributed by atoms with Crippen molar-refractivity contribution in [1.82, 2.24) is 29.0 Å². The first-order valence-corrected chi connectivity index (χ1v) is 13.0. The minimum atomic E-state index is -4.61. The molecular weight excluding hydrogens is 549 g/mol. The van der Waals surface area contributed by atoms with E-state index in [2.05, 4.69) is 15.4 Å². The molecule has 6 rings (SSSR count). The van der Waals surface area contributed by atoms with Crippen LogP contribution in [0.15, 0.2) is 36.7 Å². The molecule has 40 heavy (non-hydrogen) atoms. The highest BCUT2D eigenvalue weighted by molar-refractivity contribution is 6.34. The number of piperidine rings is 1. The molecule has 1 unspecified atom stereocenters. The van der Waals surface area contributed by atoms with E-state index in [1.54, 1.807) is 18.5 Å². The first-order chi connectivity index (χ1) is 19.0. The zero-order chi connectivity index (χ0) is 28.3. The predicted molar refractivity (Wildman–Crippen MR) is 141 cm³/mol. The molecule has 208 valence electrons. The van der Waals surface area contributed by atoms with E-state index in [1.165, 1.54) is 12.1 Å². The molecule has 4 aromatic rings. The summed E-state index contributed by atoms with van der Waals surface area (Å²) >= 11 is 6.63. The number of nitrogens with zero attached hydrogens (tertiary/aromatic N) is 6. The largest absolute Gasteiger partial charge is 0.433 e. The Hall–Kier alpha value is -4.13. The van der Waals surface area contributed by atoms with Gasteiger partial charge in [0.1, 0.15) is 28.5 Å². The molecule has 0 spiro atoms. The maximum absolute atomic E-state index is 13.1. The van der Waals surface area contributed by atoms with Crippen molar-refractivity contribution in [3.05, 3.63) is 58.8 Å². The van der Waals surface area contributed by atoms with Crippen molar-refractivity contribution in [3.8, 4) is 11.3 Å². The summed E-state index contributed by atoms with van der Waals surface area (Å²) in [6, 6.07) is 5.54. The number of nitrogens with one attached hydrogen (secondary N) is 1. The molecule has 0 radical (unpaired) electrons. The molecule has 2 fully saturated rings. The van der Waals surface area contributed by atoms with Crippen LogP contribution in [-0.2, 0) is 18.0 Å². The number of rotatable bonds is 4. The number of aromatic nitrogens is 5. The van der Waals surface area contributed by atoms with Crippen LogP contribution in [0.1, 0.15) is 53.5 Å². The number of carbonyl (C=O) groups excluding carboxylic acids is 2. The third-order valence-corrected chi connectivity index (χ3v) is 7.90. The number of imidazole rings is 1. The maximum atomic E-state index is 13.1. The van der Waals surface area contributed by atoms with Crippen molar-refractivity contribution in [2.45, 2.75) is 43.8 Å². The van der Waals surface area contributed by atoms with Crippen LogP contribution in [0.4, 0.5) is 24.8 Å². The predicted octanol–water partition coefficient (Wildman–Crippen LogP) is 4.50. The van der Waals surface area contributed by atoms with E-state index >= 15 is 0 Å². The second-order valence-corrected chi connectivity index (χ2v) is 10.5. The Kier molecular flexibility index (Phi) is 6.21. The van der Waals surface area contributed by atoms with E-state index in [9.17, 15) is 22.8 Å². The lowest BCUT2D eigenvalue weighted by Gasteiger charge is -2.34. The second-order valence-electron chi connectivity index (χ2n) is 10.0. The summed E-state index contributed by atoms with van der Waals surface area (Å²) in [6.45, 7) is 0.570. The number of benzene rings is 1. The molecule has 2 saturated heterocycles. The van der Waals surface area contributed by atoms with Crippen LogP contribution >= 0.6 is 11.6 Å². The Morgan fingerprint density at radius 2 is 2.00 bits per heavy atom. The number of hydrogen-bond donors (Lipinski definition) is 2. The Labute approximate surface area is 230 Å². The lowest BCUT2D eigenvalue weighted by molar-refractivity contribution is -0.143. The molecule has 2 aliphatic rings. The Bertz CT molecular complexity index is 1660. The average molecular weight is 573 g/mol. The van der Waals surface area contributed by atoms with Gasteiger partial charge in [-0.25, -0.2) is 9.97 Å². The SMILES string of the molecule is Cn1nc(NC(=O)c2ccc(-c3nc([C@@H]4CCC5CCC(=O)N5C4)n4ccnc(N)c34)c(Cl)c2)cc1C(F)(F)F. The number of nitrogen functional groups attached to an aromatic ring is 1. The van der Waals surface area contributed by atoms with Gasteiger partial charge in [0.05, 0.1) is 5.02 Å². The minimum Gasteiger partial charge on any atom is -0.382 e. The number of carbonyl (C=O) groups is 2. The van der Waals surface area contributed by atoms with Gasteiger partial charge in [0.15, 0.2) is 5.82 Å². The number of alkyl halides is 3. The summed E-state index contributed by atoms with van der Waals surface area (Å²) in [5.41, 5.74) is 6.94. The van der Waals surface area contributed by atoms with Crippen molar-refractivity contribution in [3.63, 3.8) is 0 Å². The second kappa shape index (κ2) is 9.51. The minimum absolute atomic E-state index is 0.00913. The number of anilines is 2. The van der Waals surface area contributed by atoms with Gasteiger partial charge in [-0.15, -0.1) is 0 Å². The number of halogens is 4. The fraction of sp³-hybridized carbons (Fsp3) is 0.346. The van der Waals surface area contributed by atoms with Gasteiger partial charge in [-0.3, -0.25) is 18.7 Å². The summed E-state index contributed by atoms with van der Waals surface area (Å²) < 4.78 is 41.8. The Morgan fingerprint density at radius 3 is 2.73 bits per heavy atom. The summed E-state index contributed by atoms with van der Waals surface area (Å²) in [6.07, 6.45) is 1.96. The molecule has 5 heterocycles. The normalized spacial score (nSPS) is 19.3. The number of fused-ring (bicyclic) bond motifs is 2. The van der Waals surface area contributed by atoms with E-state index in [0.29, 0.717) is 34.4 Å². The topological polar surface area (TPSA) is 123 Å². The van der Waals surface area contributed by atoms with Gasteiger partial charge in [0.2, 0.25) is 5.91 Å². The number of amides is 2. The summed E-state index contributed by atoms with van der Waals surface area (Å²) in [7, 11) is 1.14. The maximum Gasteiger partial charge on any atom is 0.433 e. The van der Waals surface area contributed by atoms with Gasteiger partial charge in [0, 0.05) is 61.6 Å². The third-order valence-electron chi connectivity index (χ3n) is 7.59. The molecule has 0 aliphatic carbocycles. The van der Waals surface area contributed by atoms with E-state index in [4.69, 9.17) is 22.3 Å². The van der Waals surface area contributed by atoms with Gasteiger partial charge in [-0.1, -0.05) is 17.7 Å². The fourth-order valence-corrected chi connectivity index (χ4v) is 5.94. The zero-order valence-corrected chi connectivity index (χ0v) is 22.0. The van der Waals surface area contributed by atoms with Crippen LogP contribution < -0.4 is 11.1 Å².